The Kier molecular flexibility index (Phi) is 7.66. The van der Waals surface area contributed by atoms with Gasteiger partial charge in [0.05, 0.1) is 12.7 Å². The minimum absolute atomic E-state index is 0.185. The second-order valence-corrected chi connectivity index (χ2v) is 3.72. The number of aliphatic hydroxyl groups excluding tert-OH is 1. The molecule has 0 aliphatic heterocycles. The molecule has 0 saturated heterocycles. The number of hydrogen-bond donors (Lipinski definition) is 2. The molecule has 0 aliphatic carbocycles. The van der Waals surface area contributed by atoms with E-state index in [1.54, 1.807) is 0 Å². The van der Waals surface area contributed by atoms with E-state index >= 15 is 0 Å². The van der Waals surface area contributed by atoms with E-state index in [1.165, 1.54) is 0 Å². The quantitative estimate of drug-likeness (QED) is 0.586. The highest BCUT2D eigenvalue weighted by molar-refractivity contribution is 4.71. The Labute approximate surface area is 80.8 Å². The van der Waals surface area contributed by atoms with E-state index < -0.39 is 0 Å². The van der Waals surface area contributed by atoms with Crippen LogP contribution in [0.3, 0.4) is 0 Å². The van der Waals surface area contributed by atoms with Crippen molar-refractivity contribution in [1.29, 1.82) is 5.26 Å². The molecule has 3 nitrogen and oxygen atoms in total. The predicted molar refractivity (Wildman–Crippen MR) is 53.2 cm³/mol. The fourth-order valence-electron chi connectivity index (χ4n) is 1.27. The Hall–Kier alpha value is -0.590. The molecule has 1 atom stereocenters. The third kappa shape index (κ3) is 7.76. The maximum Gasteiger partial charge on any atom is 0.0622 e. The van der Waals surface area contributed by atoms with Crippen LogP contribution in [-0.4, -0.2) is 24.3 Å². The zero-order valence-corrected chi connectivity index (χ0v) is 8.58. The zero-order valence-electron chi connectivity index (χ0n) is 8.58. The number of nitriles is 1. The van der Waals surface area contributed by atoms with E-state index in [4.69, 9.17) is 10.4 Å². The van der Waals surface area contributed by atoms with Crippen molar-refractivity contribution < 1.29 is 5.11 Å². The first-order valence-corrected chi connectivity index (χ1v) is 4.92. The van der Waals surface area contributed by atoms with Crippen LogP contribution in [0.4, 0.5) is 0 Å². The van der Waals surface area contributed by atoms with Crippen molar-refractivity contribution in [3.05, 3.63) is 0 Å². The van der Waals surface area contributed by atoms with Crippen LogP contribution in [0.5, 0.6) is 0 Å². The van der Waals surface area contributed by atoms with E-state index in [2.05, 4.69) is 25.2 Å². The van der Waals surface area contributed by atoms with Crippen molar-refractivity contribution in [3.8, 4) is 6.07 Å². The number of aliphatic hydroxyl groups is 1. The fourth-order valence-corrected chi connectivity index (χ4v) is 1.27. The Balaban J connectivity index is 3.43. The zero-order chi connectivity index (χ0) is 10.1. The summed E-state index contributed by atoms with van der Waals surface area (Å²) < 4.78 is 0. The highest BCUT2D eigenvalue weighted by Gasteiger charge is 2.07. The average molecular weight is 184 g/mol. The summed E-state index contributed by atoms with van der Waals surface area (Å²) in [4.78, 5) is 0. The summed E-state index contributed by atoms with van der Waals surface area (Å²) in [5, 5.41) is 20.5. The predicted octanol–water partition coefficient (Wildman–Crippen LogP) is 1.29. The Bertz CT molecular complexity index is 151. The molecule has 0 heterocycles. The lowest BCUT2D eigenvalue weighted by Crippen LogP contribution is -2.34. The lowest BCUT2D eigenvalue weighted by molar-refractivity contribution is 0.224. The van der Waals surface area contributed by atoms with Crippen molar-refractivity contribution in [3.63, 3.8) is 0 Å². The standard InChI is InChI=1S/C10H20N2O/c1-9(2)7-10(8-13)12-6-4-3-5-11/h9-10,12-13H,3-4,6-8H2,1-2H3. The third-order valence-electron chi connectivity index (χ3n) is 1.87. The third-order valence-corrected chi connectivity index (χ3v) is 1.87. The summed E-state index contributed by atoms with van der Waals surface area (Å²) in [6.07, 6.45) is 2.45. The van der Waals surface area contributed by atoms with Gasteiger partial charge in [0.2, 0.25) is 0 Å². The molecule has 0 aliphatic rings. The van der Waals surface area contributed by atoms with Gasteiger partial charge in [-0.2, -0.15) is 5.26 Å². The number of unbranched alkanes of at least 4 members (excludes halogenated alkanes) is 1. The Morgan fingerprint density at radius 2 is 2.15 bits per heavy atom. The second-order valence-electron chi connectivity index (χ2n) is 3.72. The van der Waals surface area contributed by atoms with Gasteiger partial charge in [0.25, 0.3) is 0 Å². The summed E-state index contributed by atoms with van der Waals surface area (Å²) >= 11 is 0. The van der Waals surface area contributed by atoms with Crippen molar-refractivity contribution >= 4 is 0 Å². The number of nitrogens with one attached hydrogen (secondary N) is 1. The van der Waals surface area contributed by atoms with E-state index in [-0.39, 0.29) is 12.6 Å². The molecular formula is C10H20N2O. The molecule has 3 heteroatoms. The molecule has 0 radical (unpaired) electrons. The van der Waals surface area contributed by atoms with Gasteiger partial charge in [0.1, 0.15) is 0 Å². The van der Waals surface area contributed by atoms with Crippen LogP contribution >= 0.6 is 0 Å². The molecule has 0 rings (SSSR count). The molecule has 0 spiro atoms. The maximum absolute atomic E-state index is 9.00. The highest BCUT2D eigenvalue weighted by Crippen LogP contribution is 2.03. The molecule has 1 unspecified atom stereocenters. The van der Waals surface area contributed by atoms with Gasteiger partial charge in [0.15, 0.2) is 0 Å². The highest BCUT2D eigenvalue weighted by atomic mass is 16.3. The van der Waals surface area contributed by atoms with Crippen LogP contribution in [0, 0.1) is 17.2 Å². The minimum atomic E-state index is 0.185. The normalized spacial score (nSPS) is 12.8. The van der Waals surface area contributed by atoms with Gasteiger partial charge in [0, 0.05) is 12.5 Å². The monoisotopic (exact) mass is 184 g/mol. The van der Waals surface area contributed by atoms with Crippen molar-refractivity contribution in [1.82, 2.24) is 5.32 Å². The first-order chi connectivity index (χ1) is 6.20. The van der Waals surface area contributed by atoms with Gasteiger partial charge < -0.3 is 10.4 Å². The summed E-state index contributed by atoms with van der Waals surface area (Å²) in [6.45, 7) is 5.29. The summed E-state index contributed by atoms with van der Waals surface area (Å²) in [5.41, 5.74) is 0. The minimum Gasteiger partial charge on any atom is -0.395 e. The second kappa shape index (κ2) is 8.03. The van der Waals surface area contributed by atoms with Crippen LogP contribution < -0.4 is 5.32 Å². The smallest absolute Gasteiger partial charge is 0.0622 e. The van der Waals surface area contributed by atoms with Crippen LogP contribution in [-0.2, 0) is 0 Å². The van der Waals surface area contributed by atoms with Gasteiger partial charge in [-0.3, -0.25) is 0 Å². The summed E-state index contributed by atoms with van der Waals surface area (Å²) in [5.74, 6) is 0.598. The summed E-state index contributed by atoms with van der Waals surface area (Å²) in [6, 6.07) is 2.29. The Morgan fingerprint density at radius 1 is 1.46 bits per heavy atom. The van der Waals surface area contributed by atoms with Crippen LogP contribution in [0.25, 0.3) is 0 Å². The molecule has 0 fully saturated rings. The summed E-state index contributed by atoms with van der Waals surface area (Å²) in [7, 11) is 0. The van der Waals surface area contributed by atoms with Crippen LogP contribution in [0.15, 0.2) is 0 Å². The van der Waals surface area contributed by atoms with Gasteiger partial charge in [-0.25, -0.2) is 0 Å². The largest absolute Gasteiger partial charge is 0.395 e. The molecule has 13 heavy (non-hydrogen) atoms. The fraction of sp³-hybridized carbons (Fsp3) is 0.900. The lowest BCUT2D eigenvalue weighted by Gasteiger charge is -2.17. The number of rotatable bonds is 7. The molecule has 0 aromatic carbocycles. The molecule has 0 aromatic rings. The molecular weight excluding hydrogens is 164 g/mol. The molecule has 0 aromatic heterocycles. The van der Waals surface area contributed by atoms with Crippen molar-refractivity contribution in [2.24, 2.45) is 5.92 Å². The SMILES string of the molecule is CC(C)CC(CO)NCCCC#N. The van der Waals surface area contributed by atoms with Gasteiger partial charge in [-0.1, -0.05) is 13.8 Å². The van der Waals surface area contributed by atoms with E-state index in [9.17, 15) is 0 Å². The van der Waals surface area contributed by atoms with E-state index in [0.29, 0.717) is 12.3 Å². The topological polar surface area (TPSA) is 56.0 Å². The molecule has 0 bridgehead atoms. The van der Waals surface area contributed by atoms with Crippen molar-refractivity contribution in [2.45, 2.75) is 39.2 Å². The van der Waals surface area contributed by atoms with E-state index in [0.717, 1.165) is 19.4 Å². The number of nitrogens with zero attached hydrogens (tertiary/aromatic N) is 1. The average Bonchev–Trinajstić information content (AvgIpc) is 2.09. The maximum atomic E-state index is 9.00. The van der Waals surface area contributed by atoms with Gasteiger partial charge >= 0.3 is 0 Å². The lowest BCUT2D eigenvalue weighted by atomic mass is 10.0. The van der Waals surface area contributed by atoms with E-state index in [1.807, 2.05) is 0 Å². The van der Waals surface area contributed by atoms with Gasteiger partial charge in [-0.05, 0) is 25.3 Å². The molecule has 76 valence electrons. The Morgan fingerprint density at radius 3 is 2.62 bits per heavy atom. The molecule has 0 amide bonds. The molecule has 2 N–H and O–H groups in total. The first kappa shape index (κ1) is 12.4. The van der Waals surface area contributed by atoms with Gasteiger partial charge in [-0.15, -0.1) is 0 Å². The van der Waals surface area contributed by atoms with Crippen LogP contribution in [0.2, 0.25) is 0 Å². The van der Waals surface area contributed by atoms with Crippen LogP contribution in [0.1, 0.15) is 33.1 Å². The van der Waals surface area contributed by atoms with Crippen molar-refractivity contribution in [2.75, 3.05) is 13.2 Å². The number of hydrogen-bond acceptors (Lipinski definition) is 3. The molecule has 0 saturated carbocycles. The first-order valence-electron chi connectivity index (χ1n) is 4.92.